The van der Waals surface area contributed by atoms with Crippen LogP contribution in [-0.2, 0) is 4.79 Å². The van der Waals surface area contributed by atoms with Crippen LogP contribution in [0.25, 0.3) is 0 Å². The lowest BCUT2D eigenvalue weighted by Crippen LogP contribution is -2.51. The Morgan fingerprint density at radius 1 is 1.18 bits per heavy atom. The van der Waals surface area contributed by atoms with Crippen molar-refractivity contribution in [3.63, 3.8) is 0 Å². The van der Waals surface area contributed by atoms with Gasteiger partial charge in [0.2, 0.25) is 5.91 Å². The van der Waals surface area contributed by atoms with Crippen molar-refractivity contribution in [2.75, 3.05) is 13.6 Å². The highest BCUT2D eigenvalue weighted by Crippen LogP contribution is 2.44. The smallest absolute Gasteiger partial charge is 0.220 e. The maximum Gasteiger partial charge on any atom is 0.220 e. The minimum atomic E-state index is 0. The quantitative estimate of drug-likeness (QED) is 0.372. The SMILES string of the molecule is CN=C(NC1CCC(=O)NC1)NC1CC1C1CCCCC1.I. The summed E-state index contributed by atoms with van der Waals surface area (Å²) in [6.45, 7) is 0.705. The summed E-state index contributed by atoms with van der Waals surface area (Å²) in [5.41, 5.74) is 0. The molecule has 1 saturated heterocycles. The Hall–Kier alpha value is -0.530. The third-order valence-electron chi connectivity index (χ3n) is 5.25. The lowest BCUT2D eigenvalue weighted by molar-refractivity contribution is -0.122. The number of rotatable bonds is 3. The van der Waals surface area contributed by atoms with Crippen molar-refractivity contribution >= 4 is 35.8 Å². The van der Waals surface area contributed by atoms with Crippen LogP contribution in [0, 0.1) is 11.8 Å². The molecule has 0 spiro atoms. The number of halogens is 1. The molecule has 6 heteroatoms. The summed E-state index contributed by atoms with van der Waals surface area (Å²) in [7, 11) is 1.83. The van der Waals surface area contributed by atoms with Gasteiger partial charge in [0, 0.05) is 32.1 Å². The van der Waals surface area contributed by atoms with Crippen LogP contribution in [0.5, 0.6) is 0 Å². The van der Waals surface area contributed by atoms with Crippen molar-refractivity contribution in [1.82, 2.24) is 16.0 Å². The molecule has 3 atom stereocenters. The van der Waals surface area contributed by atoms with Gasteiger partial charge >= 0.3 is 0 Å². The number of hydrogen-bond donors (Lipinski definition) is 3. The molecule has 3 aliphatic rings. The zero-order valence-electron chi connectivity index (χ0n) is 13.4. The zero-order chi connectivity index (χ0) is 14.7. The average Bonchev–Trinajstić information content (AvgIpc) is 3.29. The number of carbonyl (C=O) groups excluding carboxylic acids is 1. The van der Waals surface area contributed by atoms with Gasteiger partial charge in [-0.05, 0) is 24.7 Å². The molecule has 0 bridgehead atoms. The number of carbonyl (C=O) groups is 1. The molecule has 3 rings (SSSR count). The van der Waals surface area contributed by atoms with Gasteiger partial charge in [0.05, 0.1) is 0 Å². The summed E-state index contributed by atoms with van der Waals surface area (Å²) < 4.78 is 0. The van der Waals surface area contributed by atoms with E-state index in [1.165, 1.54) is 38.5 Å². The summed E-state index contributed by atoms with van der Waals surface area (Å²) in [6, 6.07) is 0.915. The van der Waals surface area contributed by atoms with E-state index in [4.69, 9.17) is 0 Å². The molecule has 2 saturated carbocycles. The number of hydrogen-bond acceptors (Lipinski definition) is 2. The van der Waals surface area contributed by atoms with Gasteiger partial charge < -0.3 is 16.0 Å². The van der Waals surface area contributed by atoms with E-state index < -0.39 is 0 Å². The first-order chi connectivity index (χ1) is 10.3. The molecule has 1 heterocycles. The first kappa shape index (κ1) is 17.8. The molecule has 1 aliphatic heterocycles. The minimum absolute atomic E-state index is 0. The van der Waals surface area contributed by atoms with Crippen LogP contribution in [0.15, 0.2) is 4.99 Å². The summed E-state index contributed by atoms with van der Waals surface area (Å²) >= 11 is 0. The van der Waals surface area contributed by atoms with E-state index in [0.717, 1.165) is 24.2 Å². The van der Waals surface area contributed by atoms with Gasteiger partial charge in [-0.25, -0.2) is 0 Å². The number of nitrogens with zero attached hydrogens (tertiary/aromatic N) is 1. The molecule has 3 N–H and O–H groups in total. The summed E-state index contributed by atoms with van der Waals surface area (Å²) in [5.74, 6) is 2.85. The zero-order valence-corrected chi connectivity index (χ0v) is 15.8. The number of aliphatic imine (C=N–C) groups is 1. The first-order valence-corrected chi connectivity index (χ1v) is 8.53. The van der Waals surface area contributed by atoms with Crippen LogP contribution in [0.2, 0.25) is 0 Å². The Labute approximate surface area is 150 Å². The van der Waals surface area contributed by atoms with Gasteiger partial charge in [0.1, 0.15) is 0 Å². The topological polar surface area (TPSA) is 65.5 Å². The fourth-order valence-corrected chi connectivity index (χ4v) is 3.86. The van der Waals surface area contributed by atoms with Crippen molar-refractivity contribution in [3.05, 3.63) is 0 Å². The molecule has 0 aromatic heterocycles. The van der Waals surface area contributed by atoms with Gasteiger partial charge in [0.15, 0.2) is 5.96 Å². The van der Waals surface area contributed by atoms with Crippen LogP contribution >= 0.6 is 24.0 Å². The second-order valence-corrected chi connectivity index (χ2v) is 6.80. The van der Waals surface area contributed by atoms with E-state index in [0.29, 0.717) is 25.0 Å². The van der Waals surface area contributed by atoms with Crippen molar-refractivity contribution < 1.29 is 4.79 Å². The highest BCUT2D eigenvalue weighted by atomic mass is 127. The molecule has 126 valence electrons. The maximum absolute atomic E-state index is 11.2. The predicted octanol–water partition coefficient (Wildman–Crippen LogP) is 2.02. The standard InChI is InChI=1S/C16H28N4O.HI/c1-17-16(19-12-7-8-15(21)18-10-12)20-14-9-13(14)11-5-3-2-4-6-11;/h11-14H,2-10H2,1H3,(H,18,21)(H2,17,19,20);1H. The largest absolute Gasteiger partial charge is 0.354 e. The van der Waals surface area contributed by atoms with Crippen molar-refractivity contribution in [1.29, 1.82) is 0 Å². The molecular weight excluding hydrogens is 391 g/mol. The van der Waals surface area contributed by atoms with E-state index >= 15 is 0 Å². The van der Waals surface area contributed by atoms with E-state index in [1.54, 1.807) is 0 Å². The van der Waals surface area contributed by atoms with Gasteiger partial charge in [-0.1, -0.05) is 32.1 Å². The number of piperidine rings is 1. The predicted molar refractivity (Wildman–Crippen MR) is 99.5 cm³/mol. The Balaban J connectivity index is 0.00000176. The first-order valence-electron chi connectivity index (χ1n) is 8.53. The fraction of sp³-hybridized carbons (Fsp3) is 0.875. The Morgan fingerprint density at radius 3 is 2.59 bits per heavy atom. The second kappa shape index (κ2) is 8.36. The molecule has 5 nitrogen and oxygen atoms in total. The van der Waals surface area contributed by atoms with Gasteiger partial charge in [-0.3, -0.25) is 9.79 Å². The molecule has 3 unspecified atom stereocenters. The van der Waals surface area contributed by atoms with Crippen LogP contribution in [0.1, 0.15) is 51.4 Å². The minimum Gasteiger partial charge on any atom is -0.354 e. The van der Waals surface area contributed by atoms with Gasteiger partial charge in [0.25, 0.3) is 0 Å². The third-order valence-corrected chi connectivity index (χ3v) is 5.25. The molecule has 2 aliphatic carbocycles. The fourth-order valence-electron chi connectivity index (χ4n) is 3.86. The third kappa shape index (κ3) is 4.73. The highest BCUT2D eigenvalue weighted by Gasteiger charge is 2.43. The summed E-state index contributed by atoms with van der Waals surface area (Å²) in [6.07, 6.45) is 9.91. The molecule has 3 fully saturated rings. The molecule has 22 heavy (non-hydrogen) atoms. The molecule has 1 amide bonds. The van der Waals surface area contributed by atoms with Crippen LogP contribution in [0.4, 0.5) is 0 Å². The number of guanidine groups is 1. The molecular formula is C16H29IN4O. The highest BCUT2D eigenvalue weighted by molar-refractivity contribution is 14.0. The van der Waals surface area contributed by atoms with Gasteiger partial charge in [-0.2, -0.15) is 0 Å². The molecule has 0 aromatic rings. The lowest BCUT2D eigenvalue weighted by atomic mass is 9.85. The van der Waals surface area contributed by atoms with E-state index in [2.05, 4.69) is 20.9 Å². The van der Waals surface area contributed by atoms with Crippen LogP contribution < -0.4 is 16.0 Å². The van der Waals surface area contributed by atoms with Gasteiger partial charge in [-0.15, -0.1) is 24.0 Å². The normalized spacial score (nSPS) is 32.7. The van der Waals surface area contributed by atoms with E-state index in [9.17, 15) is 4.79 Å². The van der Waals surface area contributed by atoms with Crippen molar-refractivity contribution in [2.45, 2.75) is 63.5 Å². The maximum atomic E-state index is 11.2. The molecule has 0 aromatic carbocycles. The summed E-state index contributed by atoms with van der Waals surface area (Å²) in [5, 5.41) is 9.92. The summed E-state index contributed by atoms with van der Waals surface area (Å²) in [4.78, 5) is 15.5. The Morgan fingerprint density at radius 2 is 1.95 bits per heavy atom. The Kier molecular flexibility index (Phi) is 6.77. The van der Waals surface area contributed by atoms with Crippen LogP contribution in [0.3, 0.4) is 0 Å². The Bertz CT molecular complexity index is 399. The average molecular weight is 420 g/mol. The second-order valence-electron chi connectivity index (χ2n) is 6.80. The monoisotopic (exact) mass is 420 g/mol. The van der Waals surface area contributed by atoms with E-state index in [1.807, 2.05) is 7.05 Å². The number of amides is 1. The van der Waals surface area contributed by atoms with E-state index in [-0.39, 0.29) is 29.9 Å². The lowest BCUT2D eigenvalue weighted by Gasteiger charge is -2.26. The van der Waals surface area contributed by atoms with Crippen molar-refractivity contribution in [3.8, 4) is 0 Å². The van der Waals surface area contributed by atoms with Crippen molar-refractivity contribution in [2.24, 2.45) is 16.8 Å². The number of nitrogens with one attached hydrogen (secondary N) is 3. The van der Waals surface area contributed by atoms with Crippen LogP contribution in [-0.4, -0.2) is 37.5 Å². The molecule has 0 radical (unpaired) electrons.